The molecule has 3 amide bonds. The fourth-order valence-electron chi connectivity index (χ4n) is 3.98. The van der Waals surface area contributed by atoms with Gasteiger partial charge in [-0.2, -0.15) is 0 Å². The normalized spacial score (nSPS) is 16.4. The third kappa shape index (κ3) is 4.15. The molecule has 0 spiro atoms. The number of imide groups is 1. The van der Waals surface area contributed by atoms with Gasteiger partial charge in [0, 0.05) is 24.2 Å². The Balaban J connectivity index is 1.28. The summed E-state index contributed by atoms with van der Waals surface area (Å²) in [4.78, 5) is 39.8. The molecule has 7 heteroatoms. The van der Waals surface area contributed by atoms with E-state index < -0.39 is 5.92 Å². The van der Waals surface area contributed by atoms with E-state index in [-0.39, 0.29) is 30.1 Å². The van der Waals surface area contributed by atoms with E-state index in [9.17, 15) is 14.4 Å². The van der Waals surface area contributed by atoms with Crippen molar-refractivity contribution in [2.24, 2.45) is 0 Å². The second kappa shape index (κ2) is 8.96. The largest absolute Gasteiger partial charge is 0.457 e. The number of benzene rings is 3. The molecule has 2 aliphatic rings. The highest BCUT2D eigenvalue weighted by atomic mass is 32.2. The van der Waals surface area contributed by atoms with Crippen LogP contribution in [0.2, 0.25) is 0 Å². The lowest BCUT2D eigenvalue weighted by Gasteiger charge is -2.27. The lowest BCUT2D eigenvalue weighted by atomic mass is 9.87. The molecule has 164 valence electrons. The van der Waals surface area contributed by atoms with E-state index in [4.69, 9.17) is 4.74 Å². The molecule has 0 bridgehead atoms. The first-order chi connectivity index (χ1) is 16.1. The summed E-state index contributed by atoms with van der Waals surface area (Å²) in [5.41, 5.74) is 2.42. The molecule has 33 heavy (non-hydrogen) atoms. The van der Waals surface area contributed by atoms with Gasteiger partial charge < -0.3 is 10.1 Å². The number of nitrogens with one attached hydrogen (secondary N) is 1. The van der Waals surface area contributed by atoms with Crippen LogP contribution < -0.4 is 10.1 Å². The van der Waals surface area contributed by atoms with Gasteiger partial charge in [-0.15, -0.1) is 0 Å². The van der Waals surface area contributed by atoms with Gasteiger partial charge in [-0.25, -0.2) is 0 Å². The van der Waals surface area contributed by atoms with Gasteiger partial charge in [-0.3, -0.25) is 19.3 Å². The van der Waals surface area contributed by atoms with E-state index in [0.717, 1.165) is 28.5 Å². The summed E-state index contributed by atoms with van der Waals surface area (Å²) in [6.45, 7) is 0.270. The Kier molecular flexibility index (Phi) is 5.71. The van der Waals surface area contributed by atoms with E-state index in [1.54, 1.807) is 6.08 Å². The summed E-state index contributed by atoms with van der Waals surface area (Å²) in [6.07, 6.45) is 1.71. The number of fused-ring (bicyclic) bond motifs is 2. The van der Waals surface area contributed by atoms with E-state index in [0.29, 0.717) is 16.4 Å². The zero-order chi connectivity index (χ0) is 22.8. The number of carbonyl (C=O) groups is 3. The number of ether oxygens (including phenoxy) is 1. The topological polar surface area (TPSA) is 75.7 Å². The van der Waals surface area contributed by atoms with Crippen LogP contribution in [0, 0.1) is 0 Å². The predicted octanol–water partition coefficient (Wildman–Crippen LogP) is 4.78. The number of amides is 3. The van der Waals surface area contributed by atoms with Gasteiger partial charge in [-0.1, -0.05) is 66.7 Å². The van der Waals surface area contributed by atoms with Crippen LogP contribution >= 0.6 is 11.8 Å². The van der Waals surface area contributed by atoms with Crippen LogP contribution in [0.4, 0.5) is 4.79 Å². The summed E-state index contributed by atoms with van der Waals surface area (Å²) >= 11 is 0.914. The lowest BCUT2D eigenvalue weighted by molar-refractivity contribution is -0.124. The van der Waals surface area contributed by atoms with E-state index in [1.807, 2.05) is 78.9 Å². The molecule has 0 aromatic heterocycles. The van der Waals surface area contributed by atoms with Crippen LogP contribution in [0.3, 0.4) is 0 Å². The molecule has 6 nitrogen and oxygen atoms in total. The quantitative estimate of drug-likeness (QED) is 0.560. The SMILES string of the molecule is O=C(NCCN1C(=O)SC(=Cc2ccccc2)C1=O)C1c2ccccc2Oc2ccccc21. The van der Waals surface area contributed by atoms with Crippen molar-refractivity contribution in [1.82, 2.24) is 10.2 Å². The molecule has 0 unspecified atom stereocenters. The minimum atomic E-state index is -0.529. The van der Waals surface area contributed by atoms with Crippen molar-refractivity contribution in [3.05, 3.63) is 100 Å². The van der Waals surface area contributed by atoms with Crippen molar-refractivity contribution in [2.75, 3.05) is 13.1 Å². The van der Waals surface area contributed by atoms with Crippen LogP contribution in [0.1, 0.15) is 22.6 Å². The zero-order valence-electron chi connectivity index (χ0n) is 17.6. The Hall–Kier alpha value is -3.84. The number of thioether (sulfide) groups is 1. The molecule has 0 atom stereocenters. The molecule has 0 saturated carbocycles. The third-order valence-corrected chi connectivity index (χ3v) is 6.46. The fourth-order valence-corrected chi connectivity index (χ4v) is 4.84. The Morgan fingerprint density at radius 1 is 0.909 bits per heavy atom. The van der Waals surface area contributed by atoms with Crippen LogP contribution in [0.15, 0.2) is 83.8 Å². The van der Waals surface area contributed by atoms with Crippen molar-refractivity contribution >= 4 is 34.9 Å². The number of carbonyl (C=O) groups excluding carboxylic acids is 3. The molecule has 3 aromatic carbocycles. The molecule has 0 aliphatic carbocycles. The van der Waals surface area contributed by atoms with Crippen molar-refractivity contribution in [3.8, 4) is 11.5 Å². The molecule has 0 radical (unpaired) electrons. The van der Waals surface area contributed by atoms with Gasteiger partial charge in [0.1, 0.15) is 11.5 Å². The number of hydrogen-bond donors (Lipinski definition) is 1. The van der Waals surface area contributed by atoms with Crippen molar-refractivity contribution in [1.29, 1.82) is 0 Å². The van der Waals surface area contributed by atoms with Gasteiger partial charge >= 0.3 is 0 Å². The number of para-hydroxylation sites is 2. The minimum Gasteiger partial charge on any atom is -0.457 e. The molecule has 5 rings (SSSR count). The molecule has 2 aliphatic heterocycles. The highest BCUT2D eigenvalue weighted by Gasteiger charge is 2.36. The van der Waals surface area contributed by atoms with Gasteiger partial charge in [0.2, 0.25) is 5.91 Å². The maximum Gasteiger partial charge on any atom is 0.293 e. The van der Waals surface area contributed by atoms with E-state index in [2.05, 4.69) is 5.32 Å². The fraction of sp³-hybridized carbons (Fsp3) is 0.115. The predicted molar refractivity (Wildman–Crippen MR) is 127 cm³/mol. The summed E-state index contributed by atoms with van der Waals surface area (Å²) in [7, 11) is 0. The number of rotatable bonds is 5. The standard InChI is InChI=1S/C26H20N2O4S/c29-24(23-18-10-4-6-12-20(18)32-21-13-7-5-11-19(21)23)27-14-15-28-25(30)22(33-26(28)31)16-17-8-2-1-3-9-17/h1-13,16,23H,14-15H2,(H,27,29). The van der Waals surface area contributed by atoms with Crippen molar-refractivity contribution in [3.63, 3.8) is 0 Å². The molecule has 1 saturated heterocycles. The van der Waals surface area contributed by atoms with Gasteiger partial charge in [-0.05, 0) is 35.5 Å². The Morgan fingerprint density at radius 2 is 1.52 bits per heavy atom. The smallest absolute Gasteiger partial charge is 0.293 e. The summed E-state index contributed by atoms with van der Waals surface area (Å²) in [5, 5.41) is 2.56. The van der Waals surface area contributed by atoms with Crippen LogP contribution in [-0.4, -0.2) is 35.0 Å². The van der Waals surface area contributed by atoms with E-state index in [1.165, 1.54) is 4.90 Å². The second-order valence-electron chi connectivity index (χ2n) is 7.65. The molecule has 1 N–H and O–H groups in total. The molecule has 3 aromatic rings. The Labute approximate surface area is 195 Å². The minimum absolute atomic E-state index is 0.106. The number of nitrogens with zero attached hydrogens (tertiary/aromatic N) is 1. The van der Waals surface area contributed by atoms with Gasteiger partial charge in [0.25, 0.3) is 11.1 Å². The number of hydrogen-bond acceptors (Lipinski definition) is 5. The Bertz CT molecular complexity index is 1230. The third-order valence-electron chi connectivity index (χ3n) is 5.55. The first-order valence-corrected chi connectivity index (χ1v) is 11.4. The molecule has 2 heterocycles. The van der Waals surface area contributed by atoms with E-state index >= 15 is 0 Å². The van der Waals surface area contributed by atoms with Crippen molar-refractivity contribution in [2.45, 2.75) is 5.92 Å². The maximum atomic E-state index is 13.2. The highest BCUT2D eigenvalue weighted by molar-refractivity contribution is 8.18. The Morgan fingerprint density at radius 3 is 2.18 bits per heavy atom. The highest BCUT2D eigenvalue weighted by Crippen LogP contribution is 2.43. The monoisotopic (exact) mass is 456 g/mol. The lowest BCUT2D eigenvalue weighted by Crippen LogP contribution is -2.39. The zero-order valence-corrected chi connectivity index (χ0v) is 18.4. The summed E-state index contributed by atoms with van der Waals surface area (Å²) in [6, 6.07) is 24.3. The second-order valence-corrected chi connectivity index (χ2v) is 8.64. The molecular weight excluding hydrogens is 436 g/mol. The van der Waals surface area contributed by atoms with Crippen LogP contribution in [0.5, 0.6) is 11.5 Å². The molecule has 1 fully saturated rings. The van der Waals surface area contributed by atoms with Crippen LogP contribution in [0.25, 0.3) is 6.08 Å². The van der Waals surface area contributed by atoms with Gasteiger partial charge in [0.15, 0.2) is 0 Å². The van der Waals surface area contributed by atoms with Crippen molar-refractivity contribution < 1.29 is 19.1 Å². The maximum absolute atomic E-state index is 13.2. The molecular formula is C26H20N2O4S. The summed E-state index contributed by atoms with van der Waals surface area (Å²) < 4.78 is 5.95. The summed E-state index contributed by atoms with van der Waals surface area (Å²) in [5.74, 6) is 0.218. The first-order valence-electron chi connectivity index (χ1n) is 10.6. The van der Waals surface area contributed by atoms with Gasteiger partial charge in [0.05, 0.1) is 10.8 Å². The van der Waals surface area contributed by atoms with Crippen LogP contribution in [-0.2, 0) is 9.59 Å². The average molecular weight is 457 g/mol. The average Bonchev–Trinajstić information content (AvgIpc) is 3.10. The first kappa shape index (κ1) is 21.0.